The van der Waals surface area contributed by atoms with Crippen LogP contribution in [0.25, 0.3) is 0 Å². The standard InChI is InChI=1S/C13H11F3N2O2S/c14-13(15,16)8-20-12-9(3-1-5-17-12)7-18-11(19)10-4-2-6-21-10/h1-6H,7-8H2,(H,18,19). The Morgan fingerprint density at radius 2 is 2.14 bits per heavy atom. The fourth-order valence-corrected chi connectivity index (χ4v) is 2.15. The normalized spacial score (nSPS) is 11.2. The summed E-state index contributed by atoms with van der Waals surface area (Å²) in [6.45, 7) is -1.38. The average Bonchev–Trinajstić information content (AvgIpc) is 2.96. The zero-order valence-corrected chi connectivity index (χ0v) is 11.5. The number of ether oxygens (including phenoxy) is 1. The maximum Gasteiger partial charge on any atom is 0.422 e. The molecule has 0 spiro atoms. The zero-order valence-electron chi connectivity index (χ0n) is 10.7. The van der Waals surface area contributed by atoms with Gasteiger partial charge in [-0.3, -0.25) is 4.79 Å². The van der Waals surface area contributed by atoms with E-state index in [1.54, 1.807) is 29.6 Å². The second-order valence-electron chi connectivity index (χ2n) is 4.03. The van der Waals surface area contributed by atoms with E-state index in [1.165, 1.54) is 17.5 Å². The number of aromatic nitrogens is 1. The van der Waals surface area contributed by atoms with Crippen LogP contribution in [0.4, 0.5) is 13.2 Å². The number of rotatable bonds is 5. The van der Waals surface area contributed by atoms with Crippen molar-refractivity contribution in [2.24, 2.45) is 0 Å². The quantitative estimate of drug-likeness (QED) is 0.922. The van der Waals surface area contributed by atoms with Crippen molar-refractivity contribution in [1.29, 1.82) is 0 Å². The van der Waals surface area contributed by atoms with Gasteiger partial charge in [0.2, 0.25) is 5.88 Å². The Morgan fingerprint density at radius 1 is 1.33 bits per heavy atom. The molecule has 0 aliphatic carbocycles. The van der Waals surface area contributed by atoms with Gasteiger partial charge < -0.3 is 10.1 Å². The van der Waals surface area contributed by atoms with Crippen LogP contribution >= 0.6 is 11.3 Å². The van der Waals surface area contributed by atoms with Crippen LogP contribution in [0.1, 0.15) is 15.2 Å². The first kappa shape index (κ1) is 15.3. The van der Waals surface area contributed by atoms with E-state index in [0.29, 0.717) is 10.4 Å². The number of carbonyl (C=O) groups is 1. The molecule has 0 atom stereocenters. The Balaban J connectivity index is 1.98. The van der Waals surface area contributed by atoms with Gasteiger partial charge >= 0.3 is 6.18 Å². The molecule has 0 aliphatic heterocycles. The van der Waals surface area contributed by atoms with Crippen LogP contribution in [0.2, 0.25) is 0 Å². The summed E-state index contributed by atoms with van der Waals surface area (Å²) in [6.07, 6.45) is -3.11. The van der Waals surface area contributed by atoms with E-state index in [1.807, 2.05) is 0 Å². The molecule has 2 heterocycles. The number of nitrogens with one attached hydrogen (secondary N) is 1. The third-order valence-corrected chi connectivity index (χ3v) is 3.28. The van der Waals surface area contributed by atoms with E-state index in [-0.39, 0.29) is 18.3 Å². The number of hydrogen-bond donors (Lipinski definition) is 1. The predicted molar refractivity (Wildman–Crippen MR) is 71.3 cm³/mol. The molecule has 21 heavy (non-hydrogen) atoms. The van der Waals surface area contributed by atoms with Crippen LogP contribution < -0.4 is 10.1 Å². The van der Waals surface area contributed by atoms with Crippen molar-refractivity contribution in [3.63, 3.8) is 0 Å². The molecule has 2 aromatic rings. The van der Waals surface area contributed by atoms with Gasteiger partial charge in [-0.05, 0) is 17.5 Å². The van der Waals surface area contributed by atoms with E-state index in [2.05, 4.69) is 15.0 Å². The van der Waals surface area contributed by atoms with E-state index in [9.17, 15) is 18.0 Å². The lowest BCUT2D eigenvalue weighted by Gasteiger charge is -2.12. The van der Waals surface area contributed by atoms with Gasteiger partial charge in [0.1, 0.15) is 0 Å². The molecular formula is C13H11F3N2O2S. The fourth-order valence-electron chi connectivity index (χ4n) is 1.51. The van der Waals surface area contributed by atoms with Gasteiger partial charge in [0.05, 0.1) is 4.88 Å². The lowest BCUT2D eigenvalue weighted by molar-refractivity contribution is -0.154. The lowest BCUT2D eigenvalue weighted by Crippen LogP contribution is -2.24. The molecule has 0 aliphatic rings. The van der Waals surface area contributed by atoms with Crippen molar-refractivity contribution in [3.8, 4) is 5.88 Å². The maximum absolute atomic E-state index is 12.2. The van der Waals surface area contributed by atoms with Crippen LogP contribution in [0.3, 0.4) is 0 Å². The summed E-state index contributed by atoms with van der Waals surface area (Å²) in [5, 5.41) is 4.37. The molecule has 0 bridgehead atoms. The van der Waals surface area contributed by atoms with Crippen molar-refractivity contribution in [2.75, 3.05) is 6.61 Å². The number of amides is 1. The minimum absolute atomic E-state index is 0.0394. The topological polar surface area (TPSA) is 51.2 Å². The van der Waals surface area contributed by atoms with Crippen LogP contribution in [0.15, 0.2) is 35.8 Å². The minimum atomic E-state index is -4.44. The minimum Gasteiger partial charge on any atom is -0.468 e. The van der Waals surface area contributed by atoms with Gasteiger partial charge in [0, 0.05) is 18.3 Å². The maximum atomic E-state index is 12.2. The van der Waals surface area contributed by atoms with Crippen molar-refractivity contribution in [2.45, 2.75) is 12.7 Å². The van der Waals surface area contributed by atoms with Crippen molar-refractivity contribution < 1.29 is 22.7 Å². The molecule has 0 saturated heterocycles. The smallest absolute Gasteiger partial charge is 0.422 e. The van der Waals surface area contributed by atoms with Crippen LogP contribution in [0, 0.1) is 0 Å². The first-order chi connectivity index (χ1) is 9.96. The first-order valence-electron chi connectivity index (χ1n) is 5.91. The predicted octanol–water partition coefficient (Wildman–Crippen LogP) is 3.01. The average molecular weight is 316 g/mol. The summed E-state index contributed by atoms with van der Waals surface area (Å²) in [5.41, 5.74) is 0.381. The van der Waals surface area contributed by atoms with Crippen molar-refractivity contribution in [3.05, 3.63) is 46.3 Å². The van der Waals surface area contributed by atoms with Gasteiger partial charge in [-0.15, -0.1) is 11.3 Å². The number of hydrogen-bond acceptors (Lipinski definition) is 4. The molecule has 0 unspecified atom stereocenters. The highest BCUT2D eigenvalue weighted by atomic mass is 32.1. The Labute approximate surface area is 122 Å². The second-order valence-corrected chi connectivity index (χ2v) is 4.98. The molecule has 1 N–H and O–H groups in total. The number of alkyl halides is 3. The Hall–Kier alpha value is -2.09. The Kier molecular flexibility index (Phi) is 4.79. The highest BCUT2D eigenvalue weighted by Crippen LogP contribution is 2.20. The van der Waals surface area contributed by atoms with Gasteiger partial charge in [-0.1, -0.05) is 12.1 Å². The molecule has 4 nitrogen and oxygen atoms in total. The lowest BCUT2D eigenvalue weighted by atomic mass is 10.2. The number of halogens is 3. The summed E-state index contributed by atoms with van der Waals surface area (Å²) < 4.78 is 41.1. The highest BCUT2D eigenvalue weighted by molar-refractivity contribution is 7.12. The third-order valence-electron chi connectivity index (χ3n) is 2.41. The molecule has 112 valence electrons. The number of nitrogens with zero attached hydrogens (tertiary/aromatic N) is 1. The Bertz CT molecular complexity index is 600. The van der Waals surface area contributed by atoms with E-state index < -0.39 is 12.8 Å². The molecule has 1 amide bonds. The van der Waals surface area contributed by atoms with Gasteiger partial charge in [-0.25, -0.2) is 4.98 Å². The van der Waals surface area contributed by atoms with Crippen LogP contribution in [-0.4, -0.2) is 23.7 Å². The molecule has 0 aromatic carbocycles. The molecule has 0 radical (unpaired) electrons. The summed E-state index contributed by atoms with van der Waals surface area (Å²) >= 11 is 1.28. The zero-order chi connectivity index (χ0) is 15.3. The monoisotopic (exact) mass is 316 g/mol. The van der Waals surface area contributed by atoms with Crippen LogP contribution in [0.5, 0.6) is 5.88 Å². The summed E-state index contributed by atoms with van der Waals surface area (Å²) in [6, 6.07) is 6.51. The summed E-state index contributed by atoms with van der Waals surface area (Å²) in [4.78, 5) is 16.0. The van der Waals surface area contributed by atoms with Gasteiger partial charge in [-0.2, -0.15) is 13.2 Å². The fraction of sp³-hybridized carbons (Fsp3) is 0.231. The van der Waals surface area contributed by atoms with Crippen molar-refractivity contribution in [1.82, 2.24) is 10.3 Å². The SMILES string of the molecule is O=C(NCc1cccnc1OCC(F)(F)F)c1cccs1. The summed E-state index contributed by atoms with van der Waals surface area (Å²) in [5.74, 6) is -0.433. The van der Waals surface area contributed by atoms with E-state index >= 15 is 0 Å². The third kappa shape index (κ3) is 4.75. The van der Waals surface area contributed by atoms with Crippen LogP contribution in [-0.2, 0) is 6.54 Å². The highest BCUT2D eigenvalue weighted by Gasteiger charge is 2.29. The number of thiophene rings is 1. The van der Waals surface area contributed by atoms with Gasteiger partial charge in [0.25, 0.3) is 5.91 Å². The molecule has 0 saturated carbocycles. The largest absolute Gasteiger partial charge is 0.468 e. The number of carbonyl (C=O) groups excluding carboxylic acids is 1. The molecular weight excluding hydrogens is 305 g/mol. The molecule has 8 heteroatoms. The summed E-state index contributed by atoms with van der Waals surface area (Å²) in [7, 11) is 0. The van der Waals surface area contributed by atoms with E-state index in [4.69, 9.17) is 0 Å². The molecule has 2 rings (SSSR count). The second kappa shape index (κ2) is 6.57. The molecule has 0 fully saturated rings. The number of pyridine rings is 1. The van der Waals surface area contributed by atoms with Gasteiger partial charge in [0.15, 0.2) is 6.61 Å². The molecule has 2 aromatic heterocycles. The first-order valence-corrected chi connectivity index (χ1v) is 6.79. The van der Waals surface area contributed by atoms with E-state index in [0.717, 1.165) is 0 Å². The van der Waals surface area contributed by atoms with Crippen molar-refractivity contribution >= 4 is 17.2 Å². The Morgan fingerprint density at radius 3 is 2.81 bits per heavy atom.